The van der Waals surface area contributed by atoms with Crippen LogP contribution in [0, 0.1) is 17.2 Å². The van der Waals surface area contributed by atoms with E-state index in [9.17, 15) is 4.79 Å². The van der Waals surface area contributed by atoms with Gasteiger partial charge in [0.1, 0.15) is 5.92 Å². The SMILES string of the molecule is CN(CCCO)C(=O)C(C#N)Cc1ccccc1. The van der Waals surface area contributed by atoms with Crippen molar-refractivity contribution in [2.75, 3.05) is 20.2 Å². The molecular weight excluding hydrogens is 228 g/mol. The highest BCUT2D eigenvalue weighted by atomic mass is 16.3. The van der Waals surface area contributed by atoms with Crippen LogP contribution in [0.4, 0.5) is 0 Å². The first-order valence-electron chi connectivity index (χ1n) is 5.98. The average Bonchev–Trinajstić information content (AvgIpc) is 2.42. The Morgan fingerprint density at radius 1 is 1.44 bits per heavy atom. The third kappa shape index (κ3) is 4.19. The van der Waals surface area contributed by atoms with Crippen molar-refractivity contribution in [3.63, 3.8) is 0 Å². The van der Waals surface area contributed by atoms with E-state index < -0.39 is 5.92 Å². The molecular formula is C14H18N2O2. The molecule has 0 aliphatic carbocycles. The molecule has 1 amide bonds. The van der Waals surface area contributed by atoms with Crippen LogP contribution in [0.15, 0.2) is 30.3 Å². The minimum atomic E-state index is -0.656. The lowest BCUT2D eigenvalue weighted by atomic mass is 9.99. The number of amides is 1. The molecule has 0 heterocycles. The Morgan fingerprint density at radius 3 is 2.67 bits per heavy atom. The van der Waals surface area contributed by atoms with Crippen LogP contribution in [-0.4, -0.2) is 36.1 Å². The molecule has 96 valence electrons. The number of carbonyl (C=O) groups is 1. The third-order valence-electron chi connectivity index (χ3n) is 2.76. The molecule has 1 atom stereocenters. The zero-order valence-electron chi connectivity index (χ0n) is 10.5. The maximum atomic E-state index is 12.0. The van der Waals surface area contributed by atoms with Crippen molar-refractivity contribution in [1.29, 1.82) is 5.26 Å². The molecule has 1 N–H and O–H groups in total. The number of hydrogen-bond donors (Lipinski definition) is 1. The summed E-state index contributed by atoms with van der Waals surface area (Å²) >= 11 is 0. The molecule has 0 aliphatic heterocycles. The molecule has 1 aromatic rings. The van der Waals surface area contributed by atoms with Crippen LogP contribution in [-0.2, 0) is 11.2 Å². The Labute approximate surface area is 107 Å². The van der Waals surface area contributed by atoms with Gasteiger partial charge in [0.15, 0.2) is 0 Å². The summed E-state index contributed by atoms with van der Waals surface area (Å²) in [5.74, 6) is -0.842. The van der Waals surface area contributed by atoms with Crippen LogP contribution >= 0.6 is 0 Å². The molecule has 4 heteroatoms. The minimum Gasteiger partial charge on any atom is -0.396 e. The van der Waals surface area contributed by atoms with Crippen molar-refractivity contribution in [1.82, 2.24) is 4.90 Å². The number of aliphatic hydroxyl groups excluding tert-OH is 1. The van der Waals surface area contributed by atoms with E-state index in [4.69, 9.17) is 10.4 Å². The van der Waals surface area contributed by atoms with Crippen LogP contribution in [0.25, 0.3) is 0 Å². The summed E-state index contributed by atoms with van der Waals surface area (Å²) in [5.41, 5.74) is 0.980. The van der Waals surface area contributed by atoms with E-state index >= 15 is 0 Å². The van der Waals surface area contributed by atoms with Crippen molar-refractivity contribution in [3.8, 4) is 6.07 Å². The fourth-order valence-electron chi connectivity index (χ4n) is 1.72. The fraction of sp³-hybridized carbons (Fsp3) is 0.429. The zero-order chi connectivity index (χ0) is 13.4. The molecule has 4 nitrogen and oxygen atoms in total. The molecule has 0 bridgehead atoms. The van der Waals surface area contributed by atoms with Gasteiger partial charge in [-0.15, -0.1) is 0 Å². The van der Waals surface area contributed by atoms with Gasteiger partial charge in [-0.2, -0.15) is 5.26 Å². The maximum absolute atomic E-state index is 12.0. The Morgan fingerprint density at radius 2 is 2.11 bits per heavy atom. The van der Waals surface area contributed by atoms with Gasteiger partial charge < -0.3 is 10.0 Å². The topological polar surface area (TPSA) is 64.3 Å². The van der Waals surface area contributed by atoms with Crippen LogP contribution in [0.2, 0.25) is 0 Å². The first kappa shape index (κ1) is 14.2. The average molecular weight is 246 g/mol. The van der Waals surface area contributed by atoms with Crippen molar-refractivity contribution in [2.45, 2.75) is 12.8 Å². The second-order valence-corrected chi connectivity index (χ2v) is 4.21. The van der Waals surface area contributed by atoms with Crippen molar-refractivity contribution in [2.24, 2.45) is 5.92 Å². The molecule has 0 spiro atoms. The number of benzene rings is 1. The molecule has 0 aromatic heterocycles. The normalized spacial score (nSPS) is 11.6. The molecule has 18 heavy (non-hydrogen) atoms. The molecule has 1 unspecified atom stereocenters. The second kappa shape index (κ2) is 7.46. The predicted octanol–water partition coefficient (Wildman–Crippen LogP) is 1.21. The zero-order valence-corrected chi connectivity index (χ0v) is 10.5. The lowest BCUT2D eigenvalue weighted by Gasteiger charge is -2.19. The summed E-state index contributed by atoms with van der Waals surface area (Å²) in [4.78, 5) is 13.5. The summed E-state index contributed by atoms with van der Waals surface area (Å²) in [6.45, 7) is 0.524. The van der Waals surface area contributed by atoms with Gasteiger partial charge in [-0.25, -0.2) is 0 Å². The number of aliphatic hydroxyl groups is 1. The van der Waals surface area contributed by atoms with E-state index in [2.05, 4.69) is 6.07 Å². The van der Waals surface area contributed by atoms with Gasteiger partial charge in [-0.05, 0) is 18.4 Å². The highest BCUT2D eigenvalue weighted by molar-refractivity contribution is 5.81. The quantitative estimate of drug-likeness (QED) is 0.820. The number of nitrogens with zero attached hydrogens (tertiary/aromatic N) is 2. The highest BCUT2D eigenvalue weighted by Gasteiger charge is 2.21. The van der Waals surface area contributed by atoms with E-state index in [1.54, 1.807) is 7.05 Å². The minimum absolute atomic E-state index is 0.0491. The van der Waals surface area contributed by atoms with Gasteiger partial charge in [0.2, 0.25) is 5.91 Å². The molecule has 0 aliphatic rings. The van der Waals surface area contributed by atoms with E-state index in [-0.39, 0.29) is 12.5 Å². The van der Waals surface area contributed by atoms with Gasteiger partial charge in [0.05, 0.1) is 6.07 Å². The fourth-order valence-corrected chi connectivity index (χ4v) is 1.72. The molecule has 1 rings (SSSR count). The standard InChI is InChI=1S/C14H18N2O2/c1-16(8-5-9-17)14(18)13(11-15)10-12-6-3-2-4-7-12/h2-4,6-7,13,17H,5,8-10H2,1H3. The Balaban J connectivity index is 2.61. The molecule has 0 fully saturated rings. The monoisotopic (exact) mass is 246 g/mol. The summed E-state index contributed by atoms with van der Waals surface area (Å²) in [5, 5.41) is 17.8. The largest absolute Gasteiger partial charge is 0.396 e. The van der Waals surface area contributed by atoms with E-state index in [0.717, 1.165) is 5.56 Å². The van der Waals surface area contributed by atoms with Gasteiger partial charge in [-0.1, -0.05) is 30.3 Å². The van der Waals surface area contributed by atoms with Crippen molar-refractivity contribution in [3.05, 3.63) is 35.9 Å². The predicted molar refractivity (Wildman–Crippen MR) is 68.6 cm³/mol. The molecule has 0 saturated heterocycles. The number of carbonyl (C=O) groups excluding carboxylic acids is 1. The van der Waals surface area contributed by atoms with Crippen LogP contribution in [0.5, 0.6) is 0 Å². The summed E-state index contributed by atoms with van der Waals surface area (Å²) in [7, 11) is 1.66. The third-order valence-corrected chi connectivity index (χ3v) is 2.76. The van der Waals surface area contributed by atoms with Crippen LogP contribution < -0.4 is 0 Å². The van der Waals surface area contributed by atoms with E-state index in [1.807, 2.05) is 30.3 Å². The second-order valence-electron chi connectivity index (χ2n) is 4.21. The lowest BCUT2D eigenvalue weighted by Crippen LogP contribution is -2.34. The summed E-state index contributed by atoms with van der Waals surface area (Å²) in [6, 6.07) is 11.6. The number of nitriles is 1. The van der Waals surface area contributed by atoms with Gasteiger partial charge >= 0.3 is 0 Å². The number of rotatable bonds is 6. The maximum Gasteiger partial charge on any atom is 0.240 e. The first-order chi connectivity index (χ1) is 8.69. The van der Waals surface area contributed by atoms with Gasteiger partial charge in [0, 0.05) is 20.2 Å². The summed E-state index contributed by atoms with van der Waals surface area (Å²) < 4.78 is 0. The van der Waals surface area contributed by atoms with Crippen molar-refractivity contribution >= 4 is 5.91 Å². The number of hydrogen-bond acceptors (Lipinski definition) is 3. The van der Waals surface area contributed by atoms with E-state index in [1.165, 1.54) is 4.90 Å². The molecule has 0 radical (unpaired) electrons. The van der Waals surface area contributed by atoms with Crippen LogP contribution in [0.1, 0.15) is 12.0 Å². The molecule has 1 aromatic carbocycles. The van der Waals surface area contributed by atoms with Crippen LogP contribution in [0.3, 0.4) is 0 Å². The Bertz CT molecular complexity index is 412. The highest BCUT2D eigenvalue weighted by Crippen LogP contribution is 2.10. The van der Waals surface area contributed by atoms with Gasteiger partial charge in [0.25, 0.3) is 0 Å². The van der Waals surface area contributed by atoms with Gasteiger partial charge in [-0.3, -0.25) is 4.79 Å². The lowest BCUT2D eigenvalue weighted by molar-refractivity contribution is -0.132. The summed E-state index contributed by atoms with van der Waals surface area (Å²) in [6.07, 6.45) is 0.964. The first-order valence-corrected chi connectivity index (χ1v) is 5.98. The molecule has 0 saturated carbocycles. The van der Waals surface area contributed by atoms with E-state index in [0.29, 0.717) is 19.4 Å². The van der Waals surface area contributed by atoms with Crippen molar-refractivity contribution < 1.29 is 9.90 Å². The smallest absolute Gasteiger partial charge is 0.240 e. The Kier molecular flexibility index (Phi) is 5.89. The Hall–Kier alpha value is -1.86.